The van der Waals surface area contributed by atoms with E-state index in [0.717, 1.165) is 32.1 Å². The molecule has 5 nitrogen and oxygen atoms in total. The predicted octanol–water partition coefficient (Wildman–Crippen LogP) is 1.80. The molecule has 1 saturated carbocycles. The molecule has 2 fully saturated rings. The van der Waals surface area contributed by atoms with E-state index in [2.05, 4.69) is 0 Å². The van der Waals surface area contributed by atoms with Crippen LogP contribution in [-0.4, -0.2) is 48.5 Å². The number of Topliss-reactive ketones (excluding diaryl/α,β-unsaturated/α-hetero) is 1. The summed E-state index contributed by atoms with van der Waals surface area (Å²) in [6.45, 7) is 5.25. The smallest absolute Gasteiger partial charge is 0.282 e. The van der Waals surface area contributed by atoms with Crippen molar-refractivity contribution < 1.29 is 13.2 Å². The van der Waals surface area contributed by atoms with E-state index in [4.69, 9.17) is 0 Å². The van der Waals surface area contributed by atoms with Gasteiger partial charge in [0.25, 0.3) is 10.2 Å². The molecule has 0 unspecified atom stereocenters. The normalized spacial score (nSPS) is 29.2. The second-order valence-electron chi connectivity index (χ2n) is 5.73. The highest BCUT2D eigenvalue weighted by Gasteiger charge is 2.43. The van der Waals surface area contributed by atoms with E-state index < -0.39 is 10.2 Å². The molecule has 0 N–H and O–H groups in total. The van der Waals surface area contributed by atoms with Gasteiger partial charge >= 0.3 is 0 Å². The van der Waals surface area contributed by atoms with Gasteiger partial charge in [-0.15, -0.1) is 0 Å². The zero-order valence-electron chi connectivity index (χ0n) is 12.5. The van der Waals surface area contributed by atoms with Crippen molar-refractivity contribution in [2.75, 3.05) is 19.6 Å². The van der Waals surface area contributed by atoms with Gasteiger partial charge in [-0.3, -0.25) is 4.79 Å². The second-order valence-corrected chi connectivity index (χ2v) is 7.61. The molecular formula is C14H26N2O3S. The molecule has 0 aromatic heterocycles. The highest BCUT2D eigenvalue weighted by atomic mass is 32.2. The maximum absolute atomic E-state index is 12.7. The van der Waals surface area contributed by atoms with Gasteiger partial charge in [0.2, 0.25) is 0 Å². The minimum absolute atomic E-state index is 0.0726. The lowest BCUT2D eigenvalue weighted by Crippen LogP contribution is -2.49. The molecule has 1 saturated heterocycles. The van der Waals surface area contributed by atoms with E-state index in [-0.39, 0.29) is 17.7 Å². The average molecular weight is 302 g/mol. The highest BCUT2D eigenvalue weighted by Crippen LogP contribution is 2.34. The molecule has 6 heteroatoms. The molecule has 0 amide bonds. The van der Waals surface area contributed by atoms with Gasteiger partial charge in [0.05, 0.1) is 0 Å². The first-order chi connectivity index (χ1) is 9.52. The first-order valence-corrected chi connectivity index (χ1v) is 9.21. The fourth-order valence-corrected chi connectivity index (χ4v) is 5.47. The van der Waals surface area contributed by atoms with Crippen LogP contribution in [-0.2, 0) is 15.0 Å². The summed E-state index contributed by atoms with van der Waals surface area (Å²) in [6.07, 6.45) is 5.19. The summed E-state index contributed by atoms with van der Waals surface area (Å²) in [4.78, 5) is 12.1. The van der Waals surface area contributed by atoms with Crippen LogP contribution in [0.25, 0.3) is 0 Å². The van der Waals surface area contributed by atoms with Gasteiger partial charge in [-0.2, -0.15) is 17.0 Å². The van der Waals surface area contributed by atoms with Crippen molar-refractivity contribution in [3.8, 4) is 0 Å². The van der Waals surface area contributed by atoms with Crippen molar-refractivity contribution in [1.29, 1.82) is 0 Å². The molecule has 0 aromatic rings. The maximum atomic E-state index is 12.7. The summed E-state index contributed by atoms with van der Waals surface area (Å²) >= 11 is 0. The summed E-state index contributed by atoms with van der Waals surface area (Å²) < 4.78 is 28.5. The van der Waals surface area contributed by atoms with Gasteiger partial charge in [-0.05, 0) is 25.7 Å². The van der Waals surface area contributed by atoms with Crippen LogP contribution in [0.5, 0.6) is 0 Å². The number of rotatable bonds is 5. The van der Waals surface area contributed by atoms with E-state index in [9.17, 15) is 13.2 Å². The Balaban J connectivity index is 2.20. The summed E-state index contributed by atoms with van der Waals surface area (Å²) in [5.41, 5.74) is 0. The van der Waals surface area contributed by atoms with Crippen molar-refractivity contribution in [1.82, 2.24) is 8.61 Å². The van der Waals surface area contributed by atoms with Gasteiger partial charge in [-0.1, -0.05) is 20.3 Å². The largest absolute Gasteiger partial charge is 0.299 e. The minimum atomic E-state index is -3.41. The number of nitrogens with zero attached hydrogens (tertiary/aromatic N) is 2. The molecule has 20 heavy (non-hydrogen) atoms. The number of carbonyl (C=O) groups excluding carboxylic acids is 1. The average Bonchev–Trinajstić information content (AvgIpc) is 2.90. The summed E-state index contributed by atoms with van der Waals surface area (Å²) in [7, 11) is -3.41. The molecule has 2 rings (SSSR count). The van der Waals surface area contributed by atoms with Crippen LogP contribution in [0.4, 0.5) is 0 Å². The van der Waals surface area contributed by atoms with Gasteiger partial charge < -0.3 is 0 Å². The molecule has 1 aliphatic heterocycles. The van der Waals surface area contributed by atoms with Gasteiger partial charge in [0.15, 0.2) is 0 Å². The minimum Gasteiger partial charge on any atom is -0.299 e. The third kappa shape index (κ3) is 2.92. The molecule has 1 aliphatic carbocycles. The highest BCUT2D eigenvalue weighted by molar-refractivity contribution is 7.86. The van der Waals surface area contributed by atoms with Crippen LogP contribution in [0.1, 0.15) is 52.4 Å². The Bertz CT molecular complexity index is 445. The third-order valence-corrected chi connectivity index (χ3v) is 6.86. The molecule has 116 valence electrons. The van der Waals surface area contributed by atoms with Crippen molar-refractivity contribution in [2.24, 2.45) is 5.92 Å². The van der Waals surface area contributed by atoms with E-state index in [1.165, 1.54) is 4.31 Å². The predicted molar refractivity (Wildman–Crippen MR) is 78.5 cm³/mol. The van der Waals surface area contributed by atoms with Crippen LogP contribution < -0.4 is 0 Å². The Labute approximate surface area is 122 Å². The summed E-state index contributed by atoms with van der Waals surface area (Å²) in [6, 6.07) is -0.103. The Morgan fingerprint density at radius 1 is 1.15 bits per heavy atom. The molecule has 2 aliphatic rings. The van der Waals surface area contributed by atoms with Crippen LogP contribution in [0, 0.1) is 5.92 Å². The lowest BCUT2D eigenvalue weighted by atomic mass is 9.82. The quantitative estimate of drug-likeness (QED) is 0.778. The van der Waals surface area contributed by atoms with E-state index in [1.807, 2.05) is 13.8 Å². The fourth-order valence-electron chi connectivity index (χ4n) is 3.57. The van der Waals surface area contributed by atoms with E-state index in [1.54, 1.807) is 4.31 Å². The Morgan fingerprint density at radius 3 is 2.45 bits per heavy atom. The third-order valence-electron chi connectivity index (χ3n) is 4.64. The van der Waals surface area contributed by atoms with E-state index >= 15 is 0 Å². The number of hydrogen-bond acceptors (Lipinski definition) is 3. The maximum Gasteiger partial charge on any atom is 0.282 e. The topological polar surface area (TPSA) is 57.7 Å². The van der Waals surface area contributed by atoms with Gasteiger partial charge in [-0.25, -0.2) is 0 Å². The molecule has 1 heterocycles. The van der Waals surface area contributed by atoms with Crippen molar-refractivity contribution in [2.45, 2.75) is 58.4 Å². The molecule has 0 bridgehead atoms. The molecule has 0 radical (unpaired) electrons. The first kappa shape index (κ1) is 15.9. The molecular weight excluding hydrogens is 276 g/mol. The monoisotopic (exact) mass is 302 g/mol. The molecule has 0 aromatic carbocycles. The van der Waals surface area contributed by atoms with Gasteiger partial charge in [0.1, 0.15) is 5.78 Å². The van der Waals surface area contributed by atoms with Crippen LogP contribution in [0.2, 0.25) is 0 Å². The number of hydrogen-bond donors (Lipinski definition) is 0. The standard InChI is InChI=1S/C14H26N2O3S/c1-3-15(4-2)20(18,19)16-11-7-9-13(16)12-8-5-6-10-14(12)17/h12-13H,3-11H2,1-2H3/t12-,13-/m0/s1. The Hall–Kier alpha value is -0.460. The lowest BCUT2D eigenvalue weighted by molar-refractivity contribution is -0.126. The lowest BCUT2D eigenvalue weighted by Gasteiger charge is -2.34. The summed E-state index contributed by atoms with van der Waals surface area (Å²) in [5.74, 6) is 0.194. The fraction of sp³-hybridized carbons (Fsp3) is 0.929. The molecule has 2 atom stereocenters. The zero-order valence-corrected chi connectivity index (χ0v) is 13.4. The molecule has 0 spiro atoms. The zero-order chi connectivity index (χ0) is 14.8. The Kier molecular flexibility index (Phi) is 5.20. The van der Waals surface area contributed by atoms with E-state index in [0.29, 0.717) is 26.1 Å². The van der Waals surface area contributed by atoms with Crippen LogP contribution >= 0.6 is 0 Å². The van der Waals surface area contributed by atoms with Crippen LogP contribution in [0.15, 0.2) is 0 Å². The van der Waals surface area contributed by atoms with Gasteiger partial charge in [0, 0.05) is 38.0 Å². The van der Waals surface area contributed by atoms with Crippen molar-refractivity contribution in [3.63, 3.8) is 0 Å². The summed E-state index contributed by atoms with van der Waals surface area (Å²) in [5, 5.41) is 0. The Morgan fingerprint density at radius 2 is 1.85 bits per heavy atom. The van der Waals surface area contributed by atoms with Crippen LogP contribution in [0.3, 0.4) is 0 Å². The number of carbonyl (C=O) groups is 1. The van der Waals surface area contributed by atoms with Crippen molar-refractivity contribution in [3.05, 3.63) is 0 Å². The number of ketones is 1. The second kappa shape index (κ2) is 6.54. The first-order valence-electron chi connectivity index (χ1n) is 7.82. The SMILES string of the molecule is CCN(CC)S(=O)(=O)N1CCC[C@H]1[C@@H]1CCCCC1=O. The van der Waals surface area contributed by atoms with Crippen molar-refractivity contribution >= 4 is 16.0 Å².